The van der Waals surface area contributed by atoms with Crippen molar-refractivity contribution in [2.24, 2.45) is 5.92 Å². The number of hydrogen-bond donors (Lipinski definition) is 2. The largest absolute Gasteiger partial charge is 0.482 e. The van der Waals surface area contributed by atoms with Gasteiger partial charge in [-0.05, 0) is 24.3 Å². The molecule has 1 aromatic rings. The summed E-state index contributed by atoms with van der Waals surface area (Å²) >= 11 is 0. The van der Waals surface area contributed by atoms with Crippen LogP contribution >= 0.6 is 0 Å². The van der Waals surface area contributed by atoms with E-state index in [9.17, 15) is 9.59 Å². The van der Waals surface area contributed by atoms with Crippen LogP contribution in [0.1, 0.15) is 13.8 Å². The second-order valence-corrected chi connectivity index (χ2v) is 3.85. The molecule has 0 saturated carbocycles. The van der Waals surface area contributed by atoms with Gasteiger partial charge in [-0.3, -0.25) is 4.79 Å². The maximum absolute atomic E-state index is 11.4. The number of carbonyl (C=O) groups excluding carboxylic acids is 1. The lowest BCUT2D eigenvalue weighted by molar-refractivity contribution is -0.139. The molecule has 0 saturated heterocycles. The summed E-state index contributed by atoms with van der Waals surface area (Å²) in [6, 6.07) is 6.55. The summed E-state index contributed by atoms with van der Waals surface area (Å²) < 4.78 is 4.96. The first-order valence-corrected chi connectivity index (χ1v) is 5.24. The van der Waals surface area contributed by atoms with Crippen LogP contribution in [0.15, 0.2) is 24.3 Å². The van der Waals surface area contributed by atoms with Gasteiger partial charge in [0.25, 0.3) is 0 Å². The van der Waals surface area contributed by atoms with Gasteiger partial charge in [0.15, 0.2) is 6.61 Å². The highest BCUT2D eigenvalue weighted by Gasteiger charge is 2.06. The fourth-order valence-electron chi connectivity index (χ4n) is 1.07. The Bertz CT molecular complexity index is 397. The number of anilines is 1. The monoisotopic (exact) mass is 237 g/mol. The number of ether oxygens (including phenoxy) is 1. The van der Waals surface area contributed by atoms with Crippen molar-refractivity contribution >= 4 is 17.6 Å². The van der Waals surface area contributed by atoms with E-state index in [1.807, 2.05) is 0 Å². The topological polar surface area (TPSA) is 75.6 Å². The molecule has 0 bridgehead atoms. The van der Waals surface area contributed by atoms with Gasteiger partial charge in [-0.1, -0.05) is 13.8 Å². The summed E-state index contributed by atoms with van der Waals surface area (Å²) in [4.78, 5) is 21.7. The highest BCUT2D eigenvalue weighted by atomic mass is 16.5. The molecular formula is C12H15NO4. The number of rotatable bonds is 5. The Labute approximate surface area is 99.4 Å². The van der Waals surface area contributed by atoms with Gasteiger partial charge in [-0.2, -0.15) is 0 Å². The van der Waals surface area contributed by atoms with Crippen LogP contribution in [0.25, 0.3) is 0 Å². The summed E-state index contributed by atoms with van der Waals surface area (Å²) in [6.07, 6.45) is 0. The summed E-state index contributed by atoms with van der Waals surface area (Å²) in [6.45, 7) is 3.23. The van der Waals surface area contributed by atoms with E-state index in [-0.39, 0.29) is 18.4 Å². The first kappa shape index (κ1) is 13.0. The van der Waals surface area contributed by atoms with Gasteiger partial charge in [0.1, 0.15) is 5.75 Å². The van der Waals surface area contributed by atoms with E-state index in [0.29, 0.717) is 11.4 Å². The van der Waals surface area contributed by atoms with Crippen molar-refractivity contribution in [3.8, 4) is 5.75 Å². The van der Waals surface area contributed by atoms with Crippen molar-refractivity contribution in [1.82, 2.24) is 0 Å². The Balaban J connectivity index is 2.56. The van der Waals surface area contributed by atoms with Crippen LogP contribution in [0.4, 0.5) is 5.69 Å². The minimum Gasteiger partial charge on any atom is -0.482 e. The van der Waals surface area contributed by atoms with E-state index in [2.05, 4.69) is 5.32 Å². The Morgan fingerprint density at radius 3 is 2.35 bits per heavy atom. The molecule has 1 amide bonds. The molecule has 1 aromatic carbocycles. The Morgan fingerprint density at radius 2 is 1.88 bits per heavy atom. The van der Waals surface area contributed by atoms with Gasteiger partial charge in [0, 0.05) is 11.6 Å². The highest BCUT2D eigenvalue weighted by molar-refractivity contribution is 5.92. The zero-order valence-corrected chi connectivity index (χ0v) is 9.77. The van der Waals surface area contributed by atoms with E-state index in [4.69, 9.17) is 9.84 Å². The van der Waals surface area contributed by atoms with E-state index in [0.717, 1.165) is 0 Å². The van der Waals surface area contributed by atoms with Crippen molar-refractivity contribution in [2.75, 3.05) is 11.9 Å². The standard InChI is InChI=1S/C12H15NO4/c1-8(2)12(16)13-9-3-5-10(6-4-9)17-7-11(14)15/h3-6,8H,7H2,1-2H3,(H,13,16)(H,14,15). The van der Waals surface area contributed by atoms with Gasteiger partial charge >= 0.3 is 5.97 Å². The van der Waals surface area contributed by atoms with Crippen LogP contribution in [0.5, 0.6) is 5.75 Å². The molecule has 0 aliphatic heterocycles. The zero-order valence-electron chi connectivity index (χ0n) is 9.77. The zero-order chi connectivity index (χ0) is 12.8. The van der Waals surface area contributed by atoms with Crippen LogP contribution in [0.3, 0.4) is 0 Å². The average molecular weight is 237 g/mol. The molecule has 2 N–H and O–H groups in total. The molecule has 5 heteroatoms. The number of benzene rings is 1. The number of hydrogen-bond acceptors (Lipinski definition) is 3. The van der Waals surface area contributed by atoms with Crippen LogP contribution < -0.4 is 10.1 Å². The number of nitrogens with one attached hydrogen (secondary N) is 1. The van der Waals surface area contributed by atoms with E-state index < -0.39 is 5.97 Å². The lowest BCUT2D eigenvalue weighted by Gasteiger charge is -2.08. The summed E-state index contributed by atoms with van der Waals surface area (Å²) in [7, 11) is 0. The number of carbonyl (C=O) groups is 2. The summed E-state index contributed by atoms with van der Waals surface area (Å²) in [5.41, 5.74) is 0.659. The average Bonchev–Trinajstić information content (AvgIpc) is 2.28. The lowest BCUT2D eigenvalue weighted by Crippen LogP contribution is -2.17. The van der Waals surface area contributed by atoms with E-state index in [1.54, 1.807) is 38.1 Å². The second-order valence-electron chi connectivity index (χ2n) is 3.85. The van der Waals surface area contributed by atoms with Crippen molar-refractivity contribution in [2.45, 2.75) is 13.8 Å². The Kier molecular flexibility index (Phi) is 4.51. The van der Waals surface area contributed by atoms with Gasteiger partial charge in [0.05, 0.1) is 0 Å². The molecule has 0 aliphatic carbocycles. The van der Waals surface area contributed by atoms with Crippen LogP contribution in [0, 0.1) is 5.92 Å². The van der Waals surface area contributed by atoms with E-state index in [1.165, 1.54) is 0 Å². The minimum absolute atomic E-state index is 0.0656. The fourth-order valence-corrected chi connectivity index (χ4v) is 1.07. The summed E-state index contributed by atoms with van der Waals surface area (Å²) in [5.74, 6) is -0.723. The van der Waals surface area contributed by atoms with Gasteiger partial charge in [-0.15, -0.1) is 0 Å². The molecule has 0 unspecified atom stereocenters. The number of carboxylic acid groups (broad SMARTS) is 1. The number of amides is 1. The van der Waals surface area contributed by atoms with Gasteiger partial charge in [-0.25, -0.2) is 4.79 Å². The Hall–Kier alpha value is -2.04. The third kappa shape index (κ3) is 4.55. The van der Waals surface area contributed by atoms with Crippen LogP contribution in [-0.2, 0) is 9.59 Å². The molecule has 0 aromatic heterocycles. The van der Waals surface area contributed by atoms with Crippen molar-refractivity contribution in [3.05, 3.63) is 24.3 Å². The maximum Gasteiger partial charge on any atom is 0.341 e. The maximum atomic E-state index is 11.4. The van der Waals surface area contributed by atoms with Crippen molar-refractivity contribution in [1.29, 1.82) is 0 Å². The van der Waals surface area contributed by atoms with Crippen LogP contribution in [0.2, 0.25) is 0 Å². The fraction of sp³-hybridized carbons (Fsp3) is 0.333. The third-order valence-electron chi connectivity index (χ3n) is 2.01. The molecule has 1 rings (SSSR count). The Morgan fingerprint density at radius 1 is 1.29 bits per heavy atom. The number of carboxylic acids is 1. The first-order chi connectivity index (χ1) is 7.99. The molecule has 0 atom stereocenters. The molecular weight excluding hydrogens is 222 g/mol. The molecule has 5 nitrogen and oxygen atoms in total. The van der Waals surface area contributed by atoms with E-state index >= 15 is 0 Å². The molecule has 0 aliphatic rings. The minimum atomic E-state index is -1.03. The normalized spacial score (nSPS) is 10.1. The SMILES string of the molecule is CC(C)C(=O)Nc1ccc(OCC(=O)O)cc1. The predicted octanol–water partition coefficient (Wildman–Crippen LogP) is 1.74. The highest BCUT2D eigenvalue weighted by Crippen LogP contribution is 2.16. The molecule has 92 valence electrons. The molecule has 0 spiro atoms. The van der Waals surface area contributed by atoms with Crippen LogP contribution in [-0.4, -0.2) is 23.6 Å². The molecule has 0 heterocycles. The smallest absolute Gasteiger partial charge is 0.341 e. The number of aliphatic carboxylic acids is 1. The first-order valence-electron chi connectivity index (χ1n) is 5.24. The molecule has 0 radical (unpaired) electrons. The summed E-state index contributed by atoms with van der Waals surface area (Å²) in [5, 5.41) is 11.2. The van der Waals surface area contributed by atoms with Crippen molar-refractivity contribution in [3.63, 3.8) is 0 Å². The molecule has 0 fully saturated rings. The molecule has 17 heavy (non-hydrogen) atoms. The lowest BCUT2D eigenvalue weighted by atomic mass is 10.2. The second kappa shape index (κ2) is 5.89. The predicted molar refractivity (Wildman–Crippen MR) is 63.0 cm³/mol. The third-order valence-corrected chi connectivity index (χ3v) is 2.01. The van der Waals surface area contributed by atoms with Crippen molar-refractivity contribution < 1.29 is 19.4 Å². The van der Waals surface area contributed by atoms with Gasteiger partial charge < -0.3 is 15.2 Å². The quantitative estimate of drug-likeness (QED) is 0.818. The van der Waals surface area contributed by atoms with Gasteiger partial charge in [0.2, 0.25) is 5.91 Å².